The smallest absolute Gasteiger partial charge is 0.416 e. The van der Waals surface area contributed by atoms with E-state index in [1.807, 2.05) is 0 Å². The van der Waals surface area contributed by atoms with Crippen molar-refractivity contribution in [2.45, 2.75) is 6.18 Å². The Morgan fingerprint density at radius 3 is 2.21 bits per heavy atom. The first-order valence-corrected chi connectivity index (χ1v) is 7.00. The van der Waals surface area contributed by atoms with Crippen molar-refractivity contribution in [3.8, 4) is 22.6 Å². The molecule has 1 aromatic heterocycles. The Morgan fingerprint density at radius 2 is 1.67 bits per heavy atom. The number of benzene rings is 2. The molecule has 3 aromatic rings. The van der Waals surface area contributed by atoms with E-state index in [1.54, 1.807) is 0 Å². The van der Waals surface area contributed by atoms with Gasteiger partial charge < -0.3 is 10.8 Å². The maximum absolute atomic E-state index is 12.6. The van der Waals surface area contributed by atoms with E-state index >= 15 is 0 Å². The van der Waals surface area contributed by atoms with Gasteiger partial charge in [0, 0.05) is 5.56 Å². The second-order valence-corrected chi connectivity index (χ2v) is 5.34. The van der Waals surface area contributed by atoms with Crippen LogP contribution in [0.4, 0.5) is 18.9 Å². The first kappa shape index (κ1) is 16.1. The van der Waals surface area contributed by atoms with Crippen LogP contribution in [0.25, 0.3) is 16.8 Å². The van der Waals surface area contributed by atoms with E-state index < -0.39 is 11.7 Å². The second kappa shape index (κ2) is 5.72. The predicted octanol–water partition coefficient (Wildman–Crippen LogP) is 3.89. The maximum atomic E-state index is 12.6. The van der Waals surface area contributed by atoms with Crippen LogP contribution < -0.4 is 5.73 Å². The van der Waals surface area contributed by atoms with Crippen molar-refractivity contribution in [1.29, 1.82) is 0 Å². The summed E-state index contributed by atoms with van der Waals surface area (Å²) >= 11 is 6.24. The Kier molecular flexibility index (Phi) is 3.84. The van der Waals surface area contributed by atoms with Crippen LogP contribution in [-0.4, -0.2) is 19.9 Å². The number of rotatable bonds is 2. The molecule has 0 aliphatic heterocycles. The molecule has 0 saturated heterocycles. The van der Waals surface area contributed by atoms with Crippen LogP contribution in [0.5, 0.6) is 5.75 Å². The molecule has 0 radical (unpaired) electrons. The van der Waals surface area contributed by atoms with Crippen LogP contribution in [0, 0.1) is 0 Å². The topological polar surface area (TPSA) is 77.0 Å². The first-order chi connectivity index (χ1) is 11.3. The maximum Gasteiger partial charge on any atom is 0.416 e. The van der Waals surface area contributed by atoms with Crippen molar-refractivity contribution < 1.29 is 18.3 Å². The molecular weight excluding hydrogens is 345 g/mol. The highest BCUT2D eigenvalue weighted by atomic mass is 35.5. The van der Waals surface area contributed by atoms with Gasteiger partial charge in [0.05, 0.1) is 16.3 Å². The third-order valence-corrected chi connectivity index (χ3v) is 3.86. The van der Waals surface area contributed by atoms with Gasteiger partial charge in [0.2, 0.25) is 0 Å². The van der Waals surface area contributed by atoms with Crippen LogP contribution in [0.15, 0.2) is 43.0 Å². The summed E-state index contributed by atoms with van der Waals surface area (Å²) in [5.41, 5.74) is 6.15. The third kappa shape index (κ3) is 2.76. The third-order valence-electron chi connectivity index (χ3n) is 3.45. The minimum Gasteiger partial charge on any atom is -0.506 e. The standard InChI is InChI=1S/C15H10ClF3N4O/c16-12-10(8-1-3-9(4-2-8)15(17,18)19)5-11(24)14(13(12)20)23-6-21-22-7-23/h1-7,24H,20H2. The van der Waals surface area contributed by atoms with E-state index in [2.05, 4.69) is 10.2 Å². The Hall–Kier alpha value is -2.74. The quantitative estimate of drug-likeness (QED) is 0.684. The fourth-order valence-corrected chi connectivity index (χ4v) is 2.54. The number of phenolic OH excluding ortho intramolecular Hbond substituents is 1. The first-order valence-electron chi connectivity index (χ1n) is 6.62. The number of nitrogen functional groups attached to an aromatic ring is 1. The number of phenols is 1. The summed E-state index contributed by atoms with van der Waals surface area (Å²) in [7, 11) is 0. The zero-order valence-electron chi connectivity index (χ0n) is 11.9. The number of hydrogen-bond acceptors (Lipinski definition) is 4. The molecule has 0 bridgehead atoms. The normalized spacial score (nSPS) is 11.7. The van der Waals surface area contributed by atoms with Gasteiger partial charge in [-0.05, 0) is 23.8 Å². The minimum atomic E-state index is -4.43. The lowest BCUT2D eigenvalue weighted by atomic mass is 10.0. The molecule has 3 rings (SSSR count). The monoisotopic (exact) mass is 354 g/mol. The molecule has 1 heterocycles. The van der Waals surface area contributed by atoms with E-state index in [0.29, 0.717) is 11.1 Å². The van der Waals surface area contributed by atoms with Gasteiger partial charge in [0.25, 0.3) is 0 Å². The molecule has 0 atom stereocenters. The SMILES string of the molecule is Nc1c(Cl)c(-c2ccc(C(F)(F)F)cc2)cc(O)c1-n1cnnc1. The summed E-state index contributed by atoms with van der Waals surface area (Å²) < 4.78 is 39.3. The van der Waals surface area contributed by atoms with E-state index in [0.717, 1.165) is 12.1 Å². The van der Waals surface area contributed by atoms with Crippen molar-refractivity contribution in [3.63, 3.8) is 0 Å². The summed E-state index contributed by atoms with van der Waals surface area (Å²) in [6.45, 7) is 0. The zero-order valence-corrected chi connectivity index (χ0v) is 12.7. The van der Waals surface area contributed by atoms with E-state index in [1.165, 1.54) is 35.4 Å². The van der Waals surface area contributed by atoms with Gasteiger partial charge in [-0.1, -0.05) is 23.7 Å². The minimum absolute atomic E-state index is 0.0614. The van der Waals surface area contributed by atoms with Crippen molar-refractivity contribution in [3.05, 3.63) is 53.6 Å². The van der Waals surface area contributed by atoms with Gasteiger partial charge in [-0.3, -0.25) is 4.57 Å². The fourth-order valence-electron chi connectivity index (χ4n) is 2.29. The van der Waals surface area contributed by atoms with Crippen LogP contribution in [0.3, 0.4) is 0 Å². The van der Waals surface area contributed by atoms with E-state index in [-0.39, 0.29) is 22.1 Å². The number of aromatic hydroxyl groups is 1. The average Bonchev–Trinajstić information content (AvgIpc) is 3.04. The highest BCUT2D eigenvalue weighted by Crippen LogP contribution is 2.42. The van der Waals surface area contributed by atoms with Gasteiger partial charge in [-0.2, -0.15) is 13.2 Å². The number of nitrogens with two attached hydrogens (primary N) is 1. The summed E-state index contributed by atoms with van der Waals surface area (Å²) in [6, 6.07) is 5.73. The molecule has 124 valence electrons. The van der Waals surface area contributed by atoms with Crippen LogP contribution in [0.2, 0.25) is 5.02 Å². The number of nitrogens with zero attached hydrogens (tertiary/aromatic N) is 3. The van der Waals surface area contributed by atoms with Crippen LogP contribution in [0.1, 0.15) is 5.56 Å². The van der Waals surface area contributed by atoms with Crippen LogP contribution >= 0.6 is 11.6 Å². The molecule has 0 spiro atoms. The molecule has 3 N–H and O–H groups in total. The molecule has 0 unspecified atom stereocenters. The Bertz CT molecular complexity index is 877. The summed E-state index contributed by atoms with van der Waals surface area (Å²) in [6.07, 6.45) is -1.76. The van der Waals surface area contributed by atoms with Gasteiger partial charge in [0.1, 0.15) is 24.1 Å². The molecular formula is C15H10ClF3N4O. The van der Waals surface area contributed by atoms with E-state index in [4.69, 9.17) is 17.3 Å². The average molecular weight is 355 g/mol. The summed E-state index contributed by atoms with van der Waals surface area (Å²) in [4.78, 5) is 0. The van der Waals surface area contributed by atoms with Gasteiger partial charge in [-0.15, -0.1) is 10.2 Å². The molecule has 0 amide bonds. The Labute approximate surface area is 139 Å². The van der Waals surface area contributed by atoms with Crippen molar-refractivity contribution >= 4 is 17.3 Å². The molecule has 24 heavy (non-hydrogen) atoms. The highest BCUT2D eigenvalue weighted by molar-refractivity contribution is 6.36. The van der Waals surface area contributed by atoms with E-state index in [9.17, 15) is 18.3 Å². The molecule has 5 nitrogen and oxygen atoms in total. The van der Waals surface area contributed by atoms with Crippen molar-refractivity contribution in [1.82, 2.24) is 14.8 Å². The number of alkyl halides is 3. The molecule has 2 aromatic carbocycles. The number of hydrogen-bond donors (Lipinski definition) is 2. The van der Waals surface area contributed by atoms with Gasteiger partial charge >= 0.3 is 6.18 Å². The molecule has 0 fully saturated rings. The fraction of sp³-hybridized carbons (Fsp3) is 0.0667. The van der Waals surface area contributed by atoms with Crippen molar-refractivity contribution in [2.75, 3.05) is 5.73 Å². The number of aromatic nitrogens is 3. The number of halogens is 4. The van der Waals surface area contributed by atoms with Crippen molar-refractivity contribution in [2.24, 2.45) is 0 Å². The zero-order chi connectivity index (χ0) is 17.5. The molecule has 9 heteroatoms. The van der Waals surface area contributed by atoms with Crippen LogP contribution in [-0.2, 0) is 6.18 Å². The second-order valence-electron chi connectivity index (χ2n) is 4.96. The molecule has 0 aliphatic rings. The lowest BCUT2D eigenvalue weighted by molar-refractivity contribution is -0.137. The highest BCUT2D eigenvalue weighted by Gasteiger charge is 2.30. The Morgan fingerprint density at radius 1 is 1.08 bits per heavy atom. The predicted molar refractivity (Wildman–Crippen MR) is 82.9 cm³/mol. The number of anilines is 1. The summed E-state index contributed by atoms with van der Waals surface area (Å²) in [5, 5.41) is 17.6. The van der Waals surface area contributed by atoms with Gasteiger partial charge in [-0.25, -0.2) is 0 Å². The lowest BCUT2D eigenvalue weighted by Crippen LogP contribution is -2.04. The van der Waals surface area contributed by atoms with Gasteiger partial charge in [0.15, 0.2) is 0 Å². The summed E-state index contributed by atoms with van der Waals surface area (Å²) in [5.74, 6) is -0.202. The lowest BCUT2D eigenvalue weighted by Gasteiger charge is -2.15. The molecule has 0 aliphatic carbocycles. The Balaban J connectivity index is 2.10. The molecule has 0 saturated carbocycles. The largest absolute Gasteiger partial charge is 0.506 e.